The molecule has 2 heteroatoms. The van der Waals surface area contributed by atoms with E-state index in [2.05, 4.69) is 13.0 Å². The fourth-order valence-corrected chi connectivity index (χ4v) is 1.70. The van der Waals surface area contributed by atoms with Gasteiger partial charge in [0.15, 0.2) is 0 Å². The topological polar surface area (TPSA) is 20.3 Å². The Bertz CT molecular complexity index is 333. The Morgan fingerprint density at radius 3 is 3.15 bits per heavy atom. The first-order chi connectivity index (χ1) is 6.33. The molecule has 1 amide bonds. The summed E-state index contributed by atoms with van der Waals surface area (Å²) >= 11 is 0. The van der Waals surface area contributed by atoms with Gasteiger partial charge in [0.2, 0.25) is 0 Å². The smallest absolute Gasteiger partial charge is 0.254 e. The van der Waals surface area contributed by atoms with Crippen molar-refractivity contribution in [3.8, 4) is 0 Å². The minimum absolute atomic E-state index is 0.172. The summed E-state index contributed by atoms with van der Waals surface area (Å²) in [6.45, 7) is 3.70. The lowest BCUT2D eigenvalue weighted by atomic mass is 10.1. The molecule has 2 rings (SSSR count). The van der Waals surface area contributed by atoms with Crippen molar-refractivity contribution in [2.24, 2.45) is 0 Å². The van der Waals surface area contributed by atoms with Crippen LogP contribution in [-0.2, 0) is 6.54 Å². The van der Waals surface area contributed by atoms with E-state index in [0.717, 1.165) is 30.6 Å². The highest BCUT2D eigenvalue weighted by Crippen LogP contribution is 2.21. The summed E-state index contributed by atoms with van der Waals surface area (Å²) in [5, 5.41) is 0. The normalized spacial score (nSPS) is 14.8. The second-order valence-electron chi connectivity index (χ2n) is 3.31. The highest BCUT2D eigenvalue weighted by molar-refractivity contribution is 5.98. The van der Waals surface area contributed by atoms with Crippen LogP contribution in [0.25, 0.3) is 0 Å². The summed E-state index contributed by atoms with van der Waals surface area (Å²) in [5.41, 5.74) is 1.97. The van der Waals surface area contributed by atoms with Gasteiger partial charge in [-0.3, -0.25) is 4.79 Å². The standard InChI is InChI=1S/C11H12NO/c1-2-7-12-8-9-5-3-4-6-10(9)11(12)13/h4-6H,2,7-8H2,1H3. The number of carbonyl (C=O) groups is 1. The summed E-state index contributed by atoms with van der Waals surface area (Å²) in [5.74, 6) is 0.172. The van der Waals surface area contributed by atoms with Crippen LogP contribution in [0.1, 0.15) is 29.3 Å². The Kier molecular flexibility index (Phi) is 2.05. The first-order valence-electron chi connectivity index (χ1n) is 4.61. The Morgan fingerprint density at radius 1 is 1.62 bits per heavy atom. The van der Waals surface area contributed by atoms with Gasteiger partial charge in [0.25, 0.3) is 5.91 Å². The van der Waals surface area contributed by atoms with Crippen LogP contribution >= 0.6 is 0 Å². The molecule has 0 saturated carbocycles. The van der Waals surface area contributed by atoms with Crippen LogP contribution in [0.4, 0.5) is 0 Å². The van der Waals surface area contributed by atoms with Gasteiger partial charge in [0, 0.05) is 18.7 Å². The van der Waals surface area contributed by atoms with E-state index in [9.17, 15) is 4.79 Å². The van der Waals surface area contributed by atoms with E-state index in [1.807, 2.05) is 17.0 Å². The molecule has 0 atom stereocenters. The Hall–Kier alpha value is -1.31. The summed E-state index contributed by atoms with van der Waals surface area (Å²) in [4.78, 5) is 13.6. The molecule has 0 N–H and O–H groups in total. The first kappa shape index (κ1) is 8.30. The van der Waals surface area contributed by atoms with Gasteiger partial charge >= 0.3 is 0 Å². The van der Waals surface area contributed by atoms with Crippen LogP contribution in [0.15, 0.2) is 18.2 Å². The van der Waals surface area contributed by atoms with Gasteiger partial charge in [-0.1, -0.05) is 13.0 Å². The molecule has 0 aliphatic carbocycles. The van der Waals surface area contributed by atoms with Crippen molar-refractivity contribution in [2.75, 3.05) is 6.54 Å². The fourth-order valence-electron chi connectivity index (χ4n) is 1.70. The molecular formula is C11H12NO. The molecule has 1 heterocycles. The molecule has 13 heavy (non-hydrogen) atoms. The van der Waals surface area contributed by atoms with Gasteiger partial charge in [-0.15, -0.1) is 0 Å². The van der Waals surface area contributed by atoms with Gasteiger partial charge in [0.1, 0.15) is 0 Å². The minimum atomic E-state index is 0.172. The zero-order chi connectivity index (χ0) is 9.26. The van der Waals surface area contributed by atoms with Crippen molar-refractivity contribution in [1.29, 1.82) is 0 Å². The van der Waals surface area contributed by atoms with Crippen molar-refractivity contribution in [3.05, 3.63) is 35.4 Å². The number of hydrogen-bond donors (Lipinski definition) is 0. The largest absolute Gasteiger partial charge is 0.334 e. The SMILES string of the molecule is CCCN1Cc2c[c]ccc2C1=O. The molecular weight excluding hydrogens is 162 g/mol. The zero-order valence-corrected chi connectivity index (χ0v) is 7.71. The number of fused-ring (bicyclic) bond motifs is 1. The Morgan fingerprint density at radius 2 is 2.46 bits per heavy atom. The van der Waals surface area contributed by atoms with Crippen LogP contribution < -0.4 is 0 Å². The Labute approximate surface area is 78.2 Å². The van der Waals surface area contributed by atoms with Gasteiger partial charge in [-0.2, -0.15) is 0 Å². The van der Waals surface area contributed by atoms with E-state index in [-0.39, 0.29) is 5.91 Å². The van der Waals surface area contributed by atoms with Crippen molar-refractivity contribution in [1.82, 2.24) is 4.90 Å². The predicted molar refractivity (Wildman–Crippen MR) is 50.3 cm³/mol. The lowest BCUT2D eigenvalue weighted by Crippen LogP contribution is -2.24. The van der Waals surface area contributed by atoms with Gasteiger partial charge in [-0.25, -0.2) is 0 Å². The van der Waals surface area contributed by atoms with E-state index in [4.69, 9.17) is 0 Å². The number of benzene rings is 1. The molecule has 0 aromatic heterocycles. The van der Waals surface area contributed by atoms with E-state index < -0.39 is 0 Å². The third kappa shape index (κ3) is 1.32. The highest BCUT2D eigenvalue weighted by atomic mass is 16.2. The van der Waals surface area contributed by atoms with E-state index in [1.54, 1.807) is 6.07 Å². The van der Waals surface area contributed by atoms with Gasteiger partial charge < -0.3 is 4.90 Å². The minimum Gasteiger partial charge on any atom is -0.334 e. The summed E-state index contributed by atoms with van der Waals surface area (Å²) in [7, 11) is 0. The molecule has 1 aliphatic heterocycles. The maximum absolute atomic E-state index is 11.7. The lowest BCUT2D eigenvalue weighted by Gasteiger charge is -2.13. The van der Waals surface area contributed by atoms with Crippen LogP contribution in [0.2, 0.25) is 0 Å². The third-order valence-electron chi connectivity index (χ3n) is 2.32. The lowest BCUT2D eigenvalue weighted by molar-refractivity contribution is 0.0778. The monoisotopic (exact) mass is 174 g/mol. The molecule has 1 aromatic rings. The molecule has 1 radical (unpaired) electrons. The van der Waals surface area contributed by atoms with E-state index in [1.165, 1.54) is 0 Å². The summed E-state index contributed by atoms with van der Waals surface area (Å²) in [6.07, 6.45) is 1.02. The number of hydrogen-bond acceptors (Lipinski definition) is 1. The average molecular weight is 174 g/mol. The zero-order valence-electron chi connectivity index (χ0n) is 7.71. The second kappa shape index (κ2) is 3.21. The number of rotatable bonds is 2. The molecule has 0 fully saturated rings. The van der Waals surface area contributed by atoms with E-state index >= 15 is 0 Å². The quantitative estimate of drug-likeness (QED) is 0.670. The maximum atomic E-state index is 11.7. The van der Waals surface area contributed by atoms with Crippen molar-refractivity contribution in [3.63, 3.8) is 0 Å². The van der Waals surface area contributed by atoms with Gasteiger partial charge in [0.05, 0.1) is 0 Å². The van der Waals surface area contributed by atoms with Crippen molar-refractivity contribution >= 4 is 5.91 Å². The average Bonchev–Trinajstić information content (AvgIpc) is 2.46. The molecule has 2 nitrogen and oxygen atoms in total. The summed E-state index contributed by atoms with van der Waals surface area (Å²) < 4.78 is 0. The molecule has 67 valence electrons. The van der Waals surface area contributed by atoms with Crippen LogP contribution in [0.5, 0.6) is 0 Å². The second-order valence-corrected chi connectivity index (χ2v) is 3.31. The molecule has 0 spiro atoms. The maximum Gasteiger partial charge on any atom is 0.254 e. The first-order valence-corrected chi connectivity index (χ1v) is 4.61. The van der Waals surface area contributed by atoms with Gasteiger partial charge in [-0.05, 0) is 30.2 Å². The van der Waals surface area contributed by atoms with Crippen LogP contribution in [0, 0.1) is 6.07 Å². The van der Waals surface area contributed by atoms with Crippen molar-refractivity contribution < 1.29 is 4.79 Å². The highest BCUT2D eigenvalue weighted by Gasteiger charge is 2.25. The number of carbonyl (C=O) groups excluding carboxylic acids is 1. The molecule has 0 unspecified atom stereocenters. The van der Waals surface area contributed by atoms with Crippen LogP contribution in [0.3, 0.4) is 0 Å². The fraction of sp³-hybridized carbons (Fsp3) is 0.364. The Balaban J connectivity index is 2.28. The molecule has 1 aliphatic rings. The molecule has 1 aromatic carbocycles. The predicted octanol–water partition coefficient (Wildman–Crippen LogP) is 1.85. The third-order valence-corrected chi connectivity index (χ3v) is 2.32. The number of nitrogens with zero attached hydrogens (tertiary/aromatic N) is 1. The molecule has 0 bridgehead atoms. The van der Waals surface area contributed by atoms with Crippen LogP contribution in [-0.4, -0.2) is 17.4 Å². The van der Waals surface area contributed by atoms with E-state index in [0.29, 0.717) is 0 Å². The number of amides is 1. The summed E-state index contributed by atoms with van der Waals surface area (Å²) in [6, 6.07) is 8.55. The molecule has 0 saturated heterocycles. The van der Waals surface area contributed by atoms with Crippen molar-refractivity contribution in [2.45, 2.75) is 19.9 Å².